The molecule has 1 aromatic rings. The van der Waals surface area contributed by atoms with Crippen LogP contribution in [-0.2, 0) is 71.4 Å². The van der Waals surface area contributed by atoms with Gasteiger partial charge in [0, 0.05) is 40.2 Å². The fourth-order valence-electron chi connectivity index (χ4n) is 6.34. The molecule has 1 saturated carbocycles. The van der Waals surface area contributed by atoms with Crippen LogP contribution in [0.2, 0.25) is 0 Å². The minimum absolute atomic E-state index is 0.435. The number of carbonyl (C=O) groups is 6. The van der Waals surface area contributed by atoms with Gasteiger partial charge >= 0.3 is 35.8 Å². The predicted octanol–water partition coefficient (Wildman–Crippen LogP) is 0.627. The average Bonchev–Trinajstić information content (AvgIpc) is 3.25. The Balaban J connectivity index is 1.72. The van der Waals surface area contributed by atoms with Crippen molar-refractivity contribution in [2.75, 3.05) is 13.7 Å². The van der Waals surface area contributed by atoms with Crippen molar-refractivity contribution in [3.63, 3.8) is 0 Å². The quantitative estimate of drug-likeness (QED) is 0.182. The number of carbonyl (C=O) groups excluding carboxylic acids is 6. The van der Waals surface area contributed by atoms with E-state index in [1.54, 1.807) is 30.3 Å². The van der Waals surface area contributed by atoms with E-state index >= 15 is 0 Å². The molecule has 0 amide bonds. The van der Waals surface area contributed by atoms with Crippen molar-refractivity contribution in [1.29, 1.82) is 0 Å². The van der Waals surface area contributed by atoms with Gasteiger partial charge in [0.25, 0.3) is 0 Å². The Labute approximate surface area is 292 Å². The van der Waals surface area contributed by atoms with E-state index in [1.165, 1.54) is 13.0 Å². The van der Waals surface area contributed by atoms with Crippen LogP contribution >= 0.6 is 0 Å². The molecule has 1 saturated heterocycles. The predicted molar refractivity (Wildman–Crippen MR) is 167 cm³/mol. The Hall–Kier alpha value is -4.84. The first-order valence-electron chi connectivity index (χ1n) is 15.8. The number of ether oxygens (including phenoxy) is 9. The summed E-state index contributed by atoms with van der Waals surface area (Å²) >= 11 is 0. The fourth-order valence-corrected chi connectivity index (χ4v) is 6.34. The van der Waals surface area contributed by atoms with Crippen LogP contribution in [0.3, 0.4) is 0 Å². The molecule has 4 rings (SSSR count). The summed E-state index contributed by atoms with van der Waals surface area (Å²) in [4.78, 5) is 74.1. The third-order valence-corrected chi connectivity index (χ3v) is 8.44. The largest absolute Gasteiger partial charge is 0.471 e. The first kappa shape index (κ1) is 39.0. The number of hydrogen-bond donors (Lipinski definition) is 2. The zero-order valence-electron chi connectivity index (χ0n) is 28.7. The van der Waals surface area contributed by atoms with Crippen LogP contribution in [0, 0.1) is 5.92 Å². The number of benzene rings is 1. The summed E-state index contributed by atoms with van der Waals surface area (Å²) in [6.45, 7) is 4.89. The van der Waals surface area contributed by atoms with Gasteiger partial charge in [-0.3, -0.25) is 19.2 Å². The monoisotopic (exact) mass is 720 g/mol. The molecule has 0 aromatic heterocycles. The summed E-state index contributed by atoms with van der Waals surface area (Å²) in [5.74, 6) is -6.94. The first-order chi connectivity index (χ1) is 24.0. The molecule has 278 valence electrons. The maximum Gasteiger partial charge on any atom is 0.339 e. The third-order valence-electron chi connectivity index (χ3n) is 8.44. The Bertz CT molecular complexity index is 1550. The highest BCUT2D eigenvalue weighted by Crippen LogP contribution is 2.53. The molecular weight excluding hydrogens is 680 g/mol. The summed E-state index contributed by atoms with van der Waals surface area (Å²) in [6, 6.07) is 8.81. The highest BCUT2D eigenvalue weighted by molar-refractivity contribution is 5.91. The lowest BCUT2D eigenvalue weighted by atomic mass is 9.77. The first-order valence-corrected chi connectivity index (χ1v) is 15.8. The van der Waals surface area contributed by atoms with E-state index in [2.05, 4.69) is 0 Å². The molecule has 1 aromatic carbocycles. The highest BCUT2D eigenvalue weighted by Gasteiger charge is 2.69. The van der Waals surface area contributed by atoms with E-state index in [4.69, 9.17) is 42.6 Å². The molecule has 17 heteroatoms. The molecule has 3 aliphatic rings. The average molecular weight is 721 g/mol. The molecule has 1 aliphatic carbocycles. The van der Waals surface area contributed by atoms with Gasteiger partial charge in [-0.1, -0.05) is 30.3 Å². The van der Waals surface area contributed by atoms with Crippen LogP contribution in [0.15, 0.2) is 48.2 Å². The third kappa shape index (κ3) is 8.91. The second-order valence-electron chi connectivity index (χ2n) is 12.2. The molecule has 17 nitrogen and oxygen atoms in total. The number of fused-ring (bicyclic) bond motifs is 1. The van der Waals surface area contributed by atoms with Crippen molar-refractivity contribution in [3.8, 4) is 0 Å². The molecule has 0 spiro atoms. The van der Waals surface area contributed by atoms with Crippen molar-refractivity contribution in [3.05, 3.63) is 53.8 Å². The van der Waals surface area contributed by atoms with Crippen LogP contribution in [0.25, 0.3) is 6.08 Å². The van der Waals surface area contributed by atoms with Crippen LogP contribution in [-0.4, -0.2) is 114 Å². The van der Waals surface area contributed by atoms with Crippen LogP contribution in [0.4, 0.5) is 0 Å². The molecule has 2 fully saturated rings. The zero-order chi connectivity index (χ0) is 37.7. The van der Waals surface area contributed by atoms with Gasteiger partial charge in [-0.05, 0) is 18.6 Å². The minimum Gasteiger partial charge on any atom is -0.471 e. The number of hydrogen-bond acceptors (Lipinski definition) is 17. The Morgan fingerprint density at radius 3 is 2.04 bits per heavy atom. The van der Waals surface area contributed by atoms with Crippen molar-refractivity contribution >= 4 is 41.9 Å². The van der Waals surface area contributed by atoms with Gasteiger partial charge in [-0.15, -0.1) is 0 Å². The normalized spacial score (nSPS) is 32.7. The summed E-state index contributed by atoms with van der Waals surface area (Å²) < 4.78 is 49.6. The summed E-state index contributed by atoms with van der Waals surface area (Å²) in [6.07, 6.45) is -8.28. The maximum absolute atomic E-state index is 12.9. The summed E-state index contributed by atoms with van der Waals surface area (Å²) in [5, 5.41) is 24.0. The van der Waals surface area contributed by atoms with E-state index in [0.29, 0.717) is 5.56 Å². The topological polar surface area (TPSA) is 226 Å². The van der Waals surface area contributed by atoms with E-state index < -0.39 is 115 Å². The second-order valence-corrected chi connectivity index (χ2v) is 12.2. The Morgan fingerprint density at radius 1 is 0.843 bits per heavy atom. The van der Waals surface area contributed by atoms with Crippen LogP contribution < -0.4 is 0 Å². The zero-order valence-corrected chi connectivity index (χ0v) is 28.7. The second kappa shape index (κ2) is 16.0. The highest BCUT2D eigenvalue weighted by atomic mass is 16.8. The van der Waals surface area contributed by atoms with Gasteiger partial charge in [-0.2, -0.15) is 0 Å². The van der Waals surface area contributed by atoms with E-state index in [9.17, 15) is 39.0 Å². The number of rotatable bonds is 11. The lowest BCUT2D eigenvalue weighted by molar-refractivity contribution is -0.353. The van der Waals surface area contributed by atoms with Gasteiger partial charge in [0.2, 0.25) is 12.6 Å². The summed E-state index contributed by atoms with van der Waals surface area (Å²) in [7, 11) is 1.06. The number of methoxy groups -OCH3 is 1. The SMILES string of the molecule is COC(=O)C1=CO[C@@H](O[C@H]2O[C@H](COC(C)=O)[C@@H](OC(C)=O)[C@H](OC(C)=O)[C@H]2OC(C)=O)[C@@H]2[C@@](C)(O)[C@@H](OC(=O)/C=C\c3ccccc3)C[C@]12O. The molecule has 51 heavy (non-hydrogen) atoms. The molecule has 0 unspecified atom stereocenters. The molecule has 0 bridgehead atoms. The fraction of sp³-hybridized carbons (Fsp3) is 0.529. The van der Waals surface area contributed by atoms with Gasteiger partial charge in [0.1, 0.15) is 35.6 Å². The Morgan fingerprint density at radius 2 is 1.45 bits per heavy atom. The van der Waals surface area contributed by atoms with Gasteiger partial charge < -0.3 is 52.8 Å². The maximum atomic E-state index is 12.9. The molecule has 2 N–H and O–H groups in total. The lowest BCUT2D eigenvalue weighted by Crippen LogP contribution is -2.65. The van der Waals surface area contributed by atoms with Gasteiger partial charge in [0.15, 0.2) is 18.3 Å². The van der Waals surface area contributed by atoms with Crippen molar-refractivity contribution in [2.45, 2.75) is 95.3 Å². The molecule has 10 atom stereocenters. The minimum atomic E-state index is -2.31. The number of aliphatic hydroxyl groups is 2. The number of esters is 6. The van der Waals surface area contributed by atoms with E-state index in [1.807, 2.05) is 0 Å². The van der Waals surface area contributed by atoms with E-state index in [0.717, 1.165) is 47.1 Å². The smallest absolute Gasteiger partial charge is 0.339 e. The molecular formula is C34H40O17. The van der Waals surface area contributed by atoms with Gasteiger partial charge in [-0.25, -0.2) is 9.59 Å². The van der Waals surface area contributed by atoms with Crippen molar-refractivity contribution in [1.82, 2.24) is 0 Å². The van der Waals surface area contributed by atoms with Gasteiger partial charge in [0.05, 0.1) is 19.3 Å². The Kier molecular flexibility index (Phi) is 12.2. The van der Waals surface area contributed by atoms with Crippen LogP contribution in [0.1, 0.15) is 46.6 Å². The van der Waals surface area contributed by atoms with Crippen molar-refractivity contribution in [2.24, 2.45) is 5.92 Å². The molecule has 2 heterocycles. The molecule has 2 aliphatic heterocycles. The molecule has 0 radical (unpaired) electrons. The lowest BCUT2D eigenvalue weighted by Gasteiger charge is -2.47. The standard InChI is InChI=1S/C34H40O17/c1-17(35)44-16-23-26(46-18(2)36)27(47-19(3)37)28(48-20(4)38)31(49-23)51-32-29-33(5,41)24(14-34(29,42)22(15-45-32)30(40)43-6)50-25(39)13-12-21-10-8-7-9-11-21/h7-13,15,23-24,26-29,31-32,41-42H,14,16H2,1-6H3/b13-12-/t23-,24+,26-,27+,28-,29-,31-,32+,33+,34+/m1/s1. The van der Waals surface area contributed by atoms with Crippen LogP contribution in [0.5, 0.6) is 0 Å². The van der Waals surface area contributed by atoms with E-state index in [-0.39, 0.29) is 0 Å². The summed E-state index contributed by atoms with van der Waals surface area (Å²) in [5.41, 5.74) is -4.26. The van der Waals surface area contributed by atoms with Crippen molar-refractivity contribution < 1.29 is 81.6 Å².